The molecular weight excluding hydrogens is 839 g/mol. The van der Waals surface area contributed by atoms with Gasteiger partial charge in [0.2, 0.25) is 5.91 Å². The van der Waals surface area contributed by atoms with Crippen LogP contribution in [0.2, 0.25) is 0 Å². The number of aliphatic hydroxyl groups is 2. The maximum absolute atomic E-state index is 12.5. The molecule has 0 aromatic carbocycles. The van der Waals surface area contributed by atoms with E-state index in [-0.39, 0.29) is 18.5 Å². The summed E-state index contributed by atoms with van der Waals surface area (Å²) in [7, 11) is 0. The Hall–Kier alpha value is -1.92. The van der Waals surface area contributed by atoms with Crippen LogP contribution in [0.4, 0.5) is 0 Å². The van der Waals surface area contributed by atoms with Gasteiger partial charge in [-0.25, -0.2) is 0 Å². The quantitative estimate of drug-likeness (QED) is 0.0321. The fourth-order valence-corrected chi connectivity index (χ4v) is 9.25. The molecule has 0 aromatic heterocycles. The first kappa shape index (κ1) is 66.1. The van der Waals surface area contributed by atoms with Crippen LogP contribution in [0.25, 0.3) is 0 Å². The Morgan fingerprint density at radius 3 is 1.16 bits per heavy atom. The largest absolute Gasteiger partial charge is 0.466 e. The molecule has 0 heterocycles. The van der Waals surface area contributed by atoms with Crippen molar-refractivity contribution in [3.05, 3.63) is 36.5 Å². The lowest BCUT2D eigenvalue weighted by Crippen LogP contribution is -2.45. The predicted octanol–water partition coefficient (Wildman–Crippen LogP) is 18.8. The normalized spacial score (nSPS) is 12.8. The van der Waals surface area contributed by atoms with Gasteiger partial charge in [-0.05, 0) is 83.5 Å². The topological polar surface area (TPSA) is 95.9 Å². The molecule has 6 heteroatoms. The second-order valence-electron chi connectivity index (χ2n) is 20.7. The molecular formula is C62H117NO5. The Morgan fingerprint density at radius 2 is 0.735 bits per heavy atom. The van der Waals surface area contributed by atoms with Gasteiger partial charge in [-0.3, -0.25) is 9.59 Å². The third-order valence-corrected chi connectivity index (χ3v) is 13.9. The Kier molecular flexibility index (Phi) is 56.0. The van der Waals surface area contributed by atoms with Crippen LogP contribution in [0.5, 0.6) is 0 Å². The van der Waals surface area contributed by atoms with Crippen molar-refractivity contribution in [2.24, 2.45) is 0 Å². The summed E-state index contributed by atoms with van der Waals surface area (Å²) < 4.78 is 5.46. The van der Waals surface area contributed by atoms with Gasteiger partial charge in [0.15, 0.2) is 0 Å². The van der Waals surface area contributed by atoms with Crippen molar-refractivity contribution >= 4 is 11.9 Å². The fourth-order valence-electron chi connectivity index (χ4n) is 9.25. The van der Waals surface area contributed by atoms with Crippen LogP contribution < -0.4 is 5.32 Å². The fraction of sp³-hybridized carbons (Fsp3) is 0.871. The minimum absolute atomic E-state index is 0.0156. The highest BCUT2D eigenvalue weighted by atomic mass is 16.5. The first-order chi connectivity index (χ1) is 33.5. The average Bonchev–Trinajstić information content (AvgIpc) is 3.34. The summed E-state index contributed by atoms with van der Waals surface area (Å²) in [6.45, 7) is 4.91. The van der Waals surface area contributed by atoms with E-state index in [1.54, 1.807) is 0 Å². The van der Waals surface area contributed by atoms with Gasteiger partial charge in [-0.15, -0.1) is 0 Å². The number of nitrogens with one attached hydrogen (secondary N) is 1. The molecule has 68 heavy (non-hydrogen) atoms. The van der Waals surface area contributed by atoms with Crippen LogP contribution in [0.15, 0.2) is 36.5 Å². The molecule has 0 fully saturated rings. The van der Waals surface area contributed by atoms with E-state index in [1.807, 2.05) is 0 Å². The van der Waals surface area contributed by atoms with Gasteiger partial charge in [-0.1, -0.05) is 262 Å². The molecule has 0 saturated carbocycles. The molecule has 3 N–H and O–H groups in total. The van der Waals surface area contributed by atoms with Crippen molar-refractivity contribution < 1.29 is 24.5 Å². The minimum atomic E-state index is -0.674. The van der Waals surface area contributed by atoms with Crippen molar-refractivity contribution in [1.29, 1.82) is 0 Å². The summed E-state index contributed by atoms with van der Waals surface area (Å²) in [5, 5.41) is 23.3. The molecule has 0 aromatic rings. The van der Waals surface area contributed by atoms with Gasteiger partial charge in [-0.2, -0.15) is 0 Å². The van der Waals surface area contributed by atoms with Gasteiger partial charge in [0, 0.05) is 12.8 Å². The third-order valence-electron chi connectivity index (χ3n) is 13.9. The Balaban J connectivity index is 3.47. The van der Waals surface area contributed by atoms with Crippen molar-refractivity contribution in [3.8, 4) is 0 Å². The van der Waals surface area contributed by atoms with E-state index in [2.05, 4.69) is 55.6 Å². The van der Waals surface area contributed by atoms with Crippen molar-refractivity contribution in [2.75, 3.05) is 13.2 Å². The average molecular weight is 957 g/mol. The summed E-state index contributed by atoms with van der Waals surface area (Å²) in [6.07, 6.45) is 71.4. The van der Waals surface area contributed by atoms with Gasteiger partial charge in [0.05, 0.1) is 25.4 Å². The van der Waals surface area contributed by atoms with E-state index in [9.17, 15) is 19.8 Å². The summed E-state index contributed by atoms with van der Waals surface area (Å²) in [5.74, 6) is -0.0610. The second kappa shape index (κ2) is 57.7. The maximum Gasteiger partial charge on any atom is 0.305 e. The molecule has 6 nitrogen and oxygen atoms in total. The highest BCUT2D eigenvalue weighted by molar-refractivity contribution is 5.76. The van der Waals surface area contributed by atoms with Crippen LogP contribution in [-0.2, 0) is 14.3 Å². The molecule has 0 bridgehead atoms. The lowest BCUT2D eigenvalue weighted by molar-refractivity contribution is -0.143. The van der Waals surface area contributed by atoms with Gasteiger partial charge >= 0.3 is 5.97 Å². The Bertz CT molecular complexity index is 1100. The van der Waals surface area contributed by atoms with E-state index in [0.29, 0.717) is 25.9 Å². The SMILES string of the molecule is CCCCC/C=C\C/C=C\CCCCCCCC(=O)OCCCCCCCC/C=C\CCCCCCCCCC(=O)NC(CO)C(O)CCCCCCCCCCCCCCCCCCCCC. The number of amides is 1. The van der Waals surface area contributed by atoms with E-state index >= 15 is 0 Å². The van der Waals surface area contributed by atoms with E-state index in [0.717, 1.165) is 64.2 Å². The highest BCUT2D eigenvalue weighted by Gasteiger charge is 2.20. The number of carbonyl (C=O) groups excluding carboxylic acids is 2. The number of carbonyl (C=O) groups is 2. The molecule has 0 saturated heterocycles. The molecule has 2 unspecified atom stereocenters. The standard InChI is InChI=1S/C62H117NO5/c1-3-5-7-9-11-13-15-17-19-20-21-23-27-30-34-38-42-46-50-54-60(65)59(58-64)63-61(66)55-51-47-43-39-35-31-28-24-22-25-29-33-37-41-45-49-53-57-68-62(67)56-52-48-44-40-36-32-26-18-16-14-12-10-8-6-4-2/h12,14,18,22,25-26,59-60,64-65H,3-11,13,15-17,19-21,23-24,27-58H2,1-2H3,(H,63,66)/b14-12-,25-22-,26-18-. The zero-order valence-corrected chi connectivity index (χ0v) is 45.6. The number of hydrogen-bond donors (Lipinski definition) is 3. The van der Waals surface area contributed by atoms with Crippen LogP contribution in [0.3, 0.4) is 0 Å². The number of ether oxygens (including phenoxy) is 1. The summed E-state index contributed by atoms with van der Waals surface area (Å²) in [6, 6.07) is -0.552. The molecule has 0 rings (SSSR count). The smallest absolute Gasteiger partial charge is 0.305 e. The zero-order chi connectivity index (χ0) is 49.3. The van der Waals surface area contributed by atoms with Crippen LogP contribution in [0.1, 0.15) is 322 Å². The Labute approximate surface area is 424 Å². The number of allylic oxidation sites excluding steroid dienone is 6. The van der Waals surface area contributed by atoms with E-state index < -0.39 is 12.1 Å². The number of rotatable bonds is 56. The molecule has 0 aliphatic carbocycles. The van der Waals surface area contributed by atoms with Gasteiger partial charge < -0.3 is 20.3 Å². The van der Waals surface area contributed by atoms with Crippen LogP contribution in [0, 0.1) is 0 Å². The highest BCUT2D eigenvalue weighted by Crippen LogP contribution is 2.17. The number of esters is 1. The predicted molar refractivity (Wildman–Crippen MR) is 296 cm³/mol. The van der Waals surface area contributed by atoms with Gasteiger partial charge in [0.1, 0.15) is 0 Å². The van der Waals surface area contributed by atoms with Crippen molar-refractivity contribution in [3.63, 3.8) is 0 Å². The molecule has 400 valence electrons. The zero-order valence-electron chi connectivity index (χ0n) is 45.6. The summed E-state index contributed by atoms with van der Waals surface area (Å²) in [5.41, 5.74) is 0. The number of unbranched alkanes of at least 4 members (excludes halogenated alkanes) is 39. The monoisotopic (exact) mass is 956 g/mol. The summed E-state index contributed by atoms with van der Waals surface area (Å²) in [4.78, 5) is 24.5. The lowest BCUT2D eigenvalue weighted by Gasteiger charge is -2.22. The number of aliphatic hydroxyl groups excluding tert-OH is 2. The van der Waals surface area contributed by atoms with Gasteiger partial charge in [0.25, 0.3) is 0 Å². The third kappa shape index (κ3) is 53.4. The first-order valence-electron chi connectivity index (χ1n) is 30.2. The molecule has 0 spiro atoms. The van der Waals surface area contributed by atoms with Crippen molar-refractivity contribution in [2.45, 2.75) is 334 Å². The molecule has 0 radical (unpaired) electrons. The summed E-state index contributed by atoms with van der Waals surface area (Å²) >= 11 is 0. The molecule has 0 aliphatic heterocycles. The first-order valence-corrected chi connectivity index (χ1v) is 30.2. The minimum Gasteiger partial charge on any atom is -0.466 e. The second-order valence-corrected chi connectivity index (χ2v) is 20.7. The van der Waals surface area contributed by atoms with Crippen molar-refractivity contribution in [1.82, 2.24) is 5.32 Å². The molecule has 2 atom stereocenters. The maximum atomic E-state index is 12.5. The van der Waals surface area contributed by atoms with E-state index in [1.165, 1.54) is 225 Å². The Morgan fingerprint density at radius 1 is 0.412 bits per heavy atom. The molecule has 1 amide bonds. The number of hydrogen-bond acceptors (Lipinski definition) is 5. The van der Waals surface area contributed by atoms with Crippen LogP contribution >= 0.6 is 0 Å². The molecule has 0 aliphatic rings. The lowest BCUT2D eigenvalue weighted by atomic mass is 10.0. The van der Waals surface area contributed by atoms with Crippen LogP contribution in [-0.4, -0.2) is 47.4 Å². The van der Waals surface area contributed by atoms with E-state index in [4.69, 9.17) is 4.74 Å².